The van der Waals surface area contributed by atoms with E-state index < -0.39 is 8.88 Å². The fraction of sp³-hybridized carbons (Fsp3) is 1.00. The van der Waals surface area contributed by atoms with Crippen LogP contribution in [-0.2, 0) is 8.85 Å². The van der Waals surface area contributed by atoms with Gasteiger partial charge in [-0.25, -0.2) is 0 Å². The van der Waals surface area contributed by atoms with Crippen LogP contribution in [-0.4, -0.2) is 36.2 Å². The van der Waals surface area contributed by atoms with Gasteiger partial charge in [0, 0.05) is 14.2 Å². The monoisotopic (exact) mass is 206 g/mol. The van der Waals surface area contributed by atoms with E-state index in [1.165, 1.54) is 0 Å². The van der Waals surface area contributed by atoms with Gasteiger partial charge in [-0.3, -0.25) is 9.96 Å². The van der Waals surface area contributed by atoms with Crippen molar-refractivity contribution in [2.24, 2.45) is 0 Å². The molecular weight excluding hydrogens is 184 g/mol. The molecular formula is C8H22N2O2Si. The Balaban J connectivity index is 3.97. The molecule has 0 fully saturated rings. The van der Waals surface area contributed by atoms with Crippen LogP contribution in [0.2, 0.25) is 0 Å². The van der Waals surface area contributed by atoms with Crippen LogP contribution in [0.1, 0.15) is 26.7 Å². The molecule has 0 amide bonds. The van der Waals surface area contributed by atoms with Gasteiger partial charge in [0.15, 0.2) is 0 Å². The summed E-state index contributed by atoms with van der Waals surface area (Å²) in [5, 5.41) is 0. The first-order valence-corrected chi connectivity index (χ1v) is 6.66. The van der Waals surface area contributed by atoms with Crippen LogP contribution in [0.25, 0.3) is 0 Å². The van der Waals surface area contributed by atoms with Crippen molar-refractivity contribution < 1.29 is 8.85 Å². The van der Waals surface area contributed by atoms with E-state index in [-0.39, 0.29) is 0 Å². The Morgan fingerprint density at radius 1 is 0.923 bits per heavy atom. The summed E-state index contributed by atoms with van der Waals surface area (Å²) in [6.45, 7) is 6.09. The van der Waals surface area contributed by atoms with Crippen molar-refractivity contribution >= 4 is 8.88 Å². The molecule has 4 nitrogen and oxygen atoms in total. The highest BCUT2D eigenvalue weighted by molar-refractivity contribution is 6.62. The number of nitrogens with one attached hydrogen (secondary N) is 2. The van der Waals surface area contributed by atoms with Crippen molar-refractivity contribution in [2.45, 2.75) is 26.7 Å². The Kier molecular flexibility index (Phi) is 7.49. The molecule has 0 aliphatic carbocycles. The summed E-state index contributed by atoms with van der Waals surface area (Å²) in [7, 11) is 1.08. The largest absolute Gasteiger partial charge is 0.516 e. The van der Waals surface area contributed by atoms with Gasteiger partial charge in [-0.15, -0.1) is 0 Å². The van der Waals surface area contributed by atoms with E-state index in [4.69, 9.17) is 8.85 Å². The minimum atomic E-state index is -2.29. The van der Waals surface area contributed by atoms with Gasteiger partial charge >= 0.3 is 8.88 Å². The Bertz CT molecular complexity index is 111. The summed E-state index contributed by atoms with van der Waals surface area (Å²) in [4.78, 5) is 6.60. The quantitative estimate of drug-likeness (QED) is 0.574. The van der Waals surface area contributed by atoms with Crippen LogP contribution >= 0.6 is 0 Å². The number of hydrogen-bond acceptors (Lipinski definition) is 4. The molecule has 0 aliphatic heterocycles. The Hall–Kier alpha value is 0.0569. The second-order valence-corrected chi connectivity index (χ2v) is 5.64. The zero-order chi connectivity index (χ0) is 10.2. The maximum Gasteiger partial charge on any atom is 0.516 e. The number of hydrogen-bond donors (Lipinski definition) is 2. The zero-order valence-corrected chi connectivity index (χ0v) is 10.1. The third-order valence-corrected chi connectivity index (χ3v) is 4.37. The topological polar surface area (TPSA) is 42.5 Å². The van der Waals surface area contributed by atoms with Gasteiger partial charge in [0.25, 0.3) is 0 Å². The smallest absolute Gasteiger partial charge is 0.374 e. The Morgan fingerprint density at radius 3 is 1.54 bits per heavy atom. The molecule has 0 aromatic heterocycles. The third kappa shape index (κ3) is 4.73. The molecule has 0 rings (SSSR count). The standard InChI is InChI=1S/C8H22N2O2Si/c1-5-7-9-13(11-3,12-4)10-8-6-2/h9-10H,5-8H2,1-4H3. The molecule has 13 heavy (non-hydrogen) atoms. The van der Waals surface area contributed by atoms with Crippen LogP contribution in [0.5, 0.6) is 0 Å². The van der Waals surface area contributed by atoms with Crippen LogP contribution in [0, 0.1) is 0 Å². The highest BCUT2D eigenvalue weighted by Crippen LogP contribution is 1.96. The van der Waals surface area contributed by atoms with E-state index in [1.807, 2.05) is 0 Å². The molecule has 0 bridgehead atoms. The average molecular weight is 206 g/mol. The molecule has 0 heterocycles. The van der Waals surface area contributed by atoms with Crippen molar-refractivity contribution in [3.05, 3.63) is 0 Å². The molecule has 0 aromatic rings. The molecule has 0 saturated heterocycles. The van der Waals surface area contributed by atoms with Crippen LogP contribution in [0.3, 0.4) is 0 Å². The number of rotatable bonds is 8. The molecule has 0 aliphatic rings. The Labute approximate surface area is 82.4 Å². The lowest BCUT2D eigenvalue weighted by Crippen LogP contribution is -2.66. The highest BCUT2D eigenvalue weighted by atomic mass is 28.4. The predicted octanol–water partition coefficient (Wildman–Crippen LogP) is 0.714. The van der Waals surface area contributed by atoms with Crippen LogP contribution in [0.4, 0.5) is 0 Å². The summed E-state index contributed by atoms with van der Waals surface area (Å²) >= 11 is 0. The van der Waals surface area contributed by atoms with Crippen molar-refractivity contribution in [1.29, 1.82) is 0 Å². The lowest BCUT2D eigenvalue weighted by Gasteiger charge is -2.27. The molecule has 0 atom stereocenters. The maximum atomic E-state index is 5.39. The molecule has 0 radical (unpaired) electrons. The molecule has 0 saturated carbocycles. The SMILES string of the molecule is CCCN[Si](NCCC)(OC)OC. The van der Waals surface area contributed by atoms with Gasteiger partial charge < -0.3 is 8.85 Å². The fourth-order valence-corrected chi connectivity index (χ4v) is 3.04. The molecule has 80 valence electrons. The normalized spacial score (nSPS) is 12.0. The lowest BCUT2D eigenvalue weighted by molar-refractivity contribution is 0.213. The van der Waals surface area contributed by atoms with E-state index in [9.17, 15) is 0 Å². The van der Waals surface area contributed by atoms with E-state index >= 15 is 0 Å². The molecule has 2 N–H and O–H groups in total. The fourth-order valence-electron chi connectivity index (χ4n) is 1.01. The first-order valence-electron chi connectivity index (χ1n) is 4.85. The van der Waals surface area contributed by atoms with Gasteiger partial charge in [-0.2, -0.15) is 0 Å². The zero-order valence-electron chi connectivity index (χ0n) is 9.14. The second kappa shape index (κ2) is 7.46. The van der Waals surface area contributed by atoms with Crippen molar-refractivity contribution in [3.63, 3.8) is 0 Å². The van der Waals surface area contributed by atoms with Crippen LogP contribution < -0.4 is 9.96 Å². The molecule has 0 spiro atoms. The van der Waals surface area contributed by atoms with E-state index in [1.54, 1.807) is 14.2 Å². The van der Waals surface area contributed by atoms with Crippen molar-refractivity contribution in [1.82, 2.24) is 9.96 Å². The maximum absolute atomic E-state index is 5.39. The third-order valence-electron chi connectivity index (χ3n) is 1.79. The summed E-state index contributed by atoms with van der Waals surface area (Å²) in [5.41, 5.74) is 0. The van der Waals surface area contributed by atoms with Crippen molar-refractivity contribution in [3.8, 4) is 0 Å². The van der Waals surface area contributed by atoms with E-state index in [0.29, 0.717) is 0 Å². The summed E-state index contributed by atoms with van der Waals surface area (Å²) in [6.07, 6.45) is 2.16. The predicted molar refractivity (Wildman–Crippen MR) is 56.4 cm³/mol. The highest BCUT2D eigenvalue weighted by Gasteiger charge is 2.35. The molecule has 0 aromatic carbocycles. The first-order chi connectivity index (χ1) is 6.24. The Morgan fingerprint density at radius 2 is 1.31 bits per heavy atom. The van der Waals surface area contributed by atoms with E-state index in [2.05, 4.69) is 23.8 Å². The summed E-state index contributed by atoms with van der Waals surface area (Å²) in [5.74, 6) is 0. The molecule has 5 heteroatoms. The lowest BCUT2D eigenvalue weighted by atomic mass is 10.5. The van der Waals surface area contributed by atoms with Crippen molar-refractivity contribution in [2.75, 3.05) is 27.3 Å². The van der Waals surface area contributed by atoms with Gasteiger partial charge in [-0.1, -0.05) is 13.8 Å². The average Bonchev–Trinajstić information content (AvgIpc) is 2.20. The van der Waals surface area contributed by atoms with Crippen LogP contribution in [0.15, 0.2) is 0 Å². The minimum absolute atomic E-state index is 0.921. The van der Waals surface area contributed by atoms with E-state index in [0.717, 1.165) is 25.9 Å². The van der Waals surface area contributed by atoms with Gasteiger partial charge in [0.1, 0.15) is 0 Å². The van der Waals surface area contributed by atoms with Gasteiger partial charge in [0.05, 0.1) is 0 Å². The van der Waals surface area contributed by atoms with Gasteiger partial charge in [0.2, 0.25) is 0 Å². The summed E-state index contributed by atoms with van der Waals surface area (Å²) < 4.78 is 10.8. The minimum Gasteiger partial charge on any atom is -0.374 e. The first kappa shape index (κ1) is 13.1. The summed E-state index contributed by atoms with van der Waals surface area (Å²) in [6, 6.07) is 0. The molecule has 0 unspecified atom stereocenters. The van der Waals surface area contributed by atoms with Gasteiger partial charge in [-0.05, 0) is 25.9 Å². The second-order valence-electron chi connectivity index (χ2n) is 2.88.